The minimum absolute atomic E-state index is 0.272. The minimum atomic E-state index is -0.272. The van der Waals surface area contributed by atoms with Crippen LogP contribution in [0.25, 0.3) is 0 Å². The smallest absolute Gasteiger partial charge is 0.0144 e. The van der Waals surface area contributed by atoms with Crippen LogP contribution in [0.4, 0.5) is 0 Å². The van der Waals surface area contributed by atoms with E-state index < -0.39 is 0 Å². The second-order valence-corrected chi connectivity index (χ2v) is 9.37. The summed E-state index contributed by atoms with van der Waals surface area (Å²) in [4.78, 5) is 2.74. The number of piperidine rings is 3. The third-order valence-corrected chi connectivity index (χ3v) is 8.39. The van der Waals surface area contributed by atoms with Crippen LogP contribution in [0.2, 0.25) is 0 Å². The number of hydrogen-bond donors (Lipinski definition) is 0. The Hall–Kier alpha value is -1.43. The topological polar surface area (TPSA) is 3.24 Å². The largest absolute Gasteiger partial charge is 0.299 e. The second kappa shape index (κ2) is 7.21. The molecule has 2 aromatic rings. The summed E-state index contributed by atoms with van der Waals surface area (Å²) >= 11 is 0. The lowest BCUT2D eigenvalue weighted by atomic mass is 9.76. The summed E-state index contributed by atoms with van der Waals surface area (Å²) in [5.41, 5.74) is 0. The lowest BCUT2D eigenvalue weighted by molar-refractivity contribution is 0.0296. The number of hydrogen-bond acceptors (Lipinski definition) is 1. The quantitative estimate of drug-likeness (QED) is 0.589. The van der Waals surface area contributed by atoms with Crippen molar-refractivity contribution in [1.29, 1.82) is 0 Å². The van der Waals surface area contributed by atoms with Crippen molar-refractivity contribution in [1.82, 2.24) is 4.90 Å². The van der Waals surface area contributed by atoms with E-state index in [9.17, 15) is 0 Å². The van der Waals surface area contributed by atoms with Crippen LogP contribution in [-0.4, -0.2) is 30.2 Å². The minimum Gasteiger partial charge on any atom is -0.299 e. The zero-order valence-electron chi connectivity index (χ0n) is 14.2. The van der Waals surface area contributed by atoms with E-state index in [4.69, 9.17) is 0 Å². The van der Waals surface area contributed by atoms with Gasteiger partial charge in [-0.15, -0.1) is 6.58 Å². The van der Waals surface area contributed by atoms with E-state index in [-0.39, 0.29) is 7.92 Å². The van der Waals surface area contributed by atoms with Crippen molar-refractivity contribution in [3.05, 3.63) is 73.3 Å². The van der Waals surface area contributed by atoms with Gasteiger partial charge < -0.3 is 0 Å². The number of rotatable bonds is 5. The van der Waals surface area contributed by atoms with Gasteiger partial charge in [0.1, 0.15) is 0 Å². The van der Waals surface area contributed by atoms with E-state index in [0.717, 1.165) is 17.9 Å². The predicted molar refractivity (Wildman–Crippen MR) is 106 cm³/mol. The molecule has 0 amide bonds. The Balaban J connectivity index is 1.58. The maximum Gasteiger partial charge on any atom is 0.0144 e. The molecular weight excluding hydrogens is 309 g/mol. The van der Waals surface area contributed by atoms with Gasteiger partial charge in [-0.05, 0) is 55.9 Å². The van der Waals surface area contributed by atoms with Crippen molar-refractivity contribution in [2.24, 2.45) is 11.8 Å². The normalized spacial score (nSPS) is 28.9. The van der Waals surface area contributed by atoms with Gasteiger partial charge in [0.15, 0.2) is 0 Å². The zero-order valence-corrected chi connectivity index (χ0v) is 15.1. The molecule has 2 heteroatoms. The first-order valence-electron chi connectivity index (χ1n) is 9.09. The lowest BCUT2D eigenvalue weighted by Crippen LogP contribution is -2.54. The third kappa shape index (κ3) is 3.21. The maximum absolute atomic E-state index is 4.06. The molecule has 0 saturated carbocycles. The van der Waals surface area contributed by atoms with Gasteiger partial charge in [-0.1, -0.05) is 66.7 Å². The fourth-order valence-electron chi connectivity index (χ4n) is 4.42. The van der Waals surface area contributed by atoms with Crippen molar-refractivity contribution in [3.63, 3.8) is 0 Å². The Bertz CT molecular complexity index is 629. The molecule has 0 aliphatic carbocycles. The predicted octanol–water partition coefficient (Wildman–Crippen LogP) is 4.02. The first kappa shape index (κ1) is 16.1. The van der Waals surface area contributed by atoms with E-state index in [1.807, 2.05) is 0 Å². The molecule has 1 unspecified atom stereocenters. The highest BCUT2D eigenvalue weighted by Gasteiger charge is 2.39. The highest BCUT2D eigenvalue weighted by molar-refractivity contribution is 7.73. The Morgan fingerprint density at radius 1 is 1.00 bits per heavy atom. The summed E-state index contributed by atoms with van der Waals surface area (Å²) < 4.78 is 0. The molecule has 3 fully saturated rings. The van der Waals surface area contributed by atoms with Crippen LogP contribution in [-0.2, 0) is 0 Å². The molecule has 1 nitrogen and oxygen atoms in total. The first-order chi connectivity index (χ1) is 11.8. The van der Waals surface area contributed by atoms with Crippen molar-refractivity contribution in [2.75, 3.05) is 19.3 Å². The molecule has 124 valence electrons. The molecule has 0 spiro atoms. The Labute approximate surface area is 147 Å². The van der Waals surface area contributed by atoms with Gasteiger partial charge in [0, 0.05) is 12.6 Å². The SMILES string of the molecule is C=C[C@H]1CN2CC[C@H]1C[C@H]2CP(c1ccccc1)c1ccccc1. The van der Waals surface area contributed by atoms with Crippen molar-refractivity contribution < 1.29 is 0 Å². The standard InChI is InChI=1S/C22H26NP/c1-2-18-16-23-14-13-19(18)15-20(23)17-24(21-9-5-3-6-10-21)22-11-7-4-8-12-22/h2-12,18-20H,1,13-17H2/t18-,19-,20-/m0/s1. The molecule has 2 aromatic carbocycles. The van der Waals surface area contributed by atoms with Gasteiger partial charge in [0.25, 0.3) is 0 Å². The molecule has 3 saturated heterocycles. The molecule has 0 N–H and O–H groups in total. The average molecular weight is 335 g/mol. The number of fused-ring (bicyclic) bond motifs is 3. The average Bonchev–Trinajstić information content (AvgIpc) is 2.68. The molecule has 3 aliphatic rings. The van der Waals surface area contributed by atoms with Crippen LogP contribution in [0.5, 0.6) is 0 Å². The molecule has 24 heavy (non-hydrogen) atoms. The molecule has 2 bridgehead atoms. The Morgan fingerprint density at radius 2 is 1.62 bits per heavy atom. The van der Waals surface area contributed by atoms with Crippen LogP contribution in [0.1, 0.15) is 12.8 Å². The number of nitrogens with zero attached hydrogens (tertiary/aromatic N) is 1. The summed E-state index contributed by atoms with van der Waals surface area (Å²) in [6.07, 6.45) is 6.21. The molecule has 0 aromatic heterocycles. The third-order valence-electron chi connectivity index (χ3n) is 5.76. The fourth-order valence-corrected chi connectivity index (χ4v) is 7.01. The number of benzene rings is 2. The molecule has 4 atom stereocenters. The van der Waals surface area contributed by atoms with Gasteiger partial charge in [0.2, 0.25) is 0 Å². The van der Waals surface area contributed by atoms with E-state index in [2.05, 4.69) is 78.2 Å². The first-order valence-corrected chi connectivity index (χ1v) is 10.6. The maximum atomic E-state index is 4.06. The molecule has 0 radical (unpaired) electrons. The molecule has 5 rings (SSSR count). The van der Waals surface area contributed by atoms with Crippen molar-refractivity contribution in [3.8, 4) is 0 Å². The van der Waals surface area contributed by atoms with Gasteiger partial charge in [-0.3, -0.25) is 4.90 Å². The van der Waals surface area contributed by atoms with Crippen LogP contribution in [0, 0.1) is 11.8 Å². The summed E-state index contributed by atoms with van der Waals surface area (Å²) in [5.74, 6) is 1.58. The summed E-state index contributed by atoms with van der Waals surface area (Å²) in [6, 6.07) is 23.0. The van der Waals surface area contributed by atoms with E-state index in [1.165, 1.54) is 42.7 Å². The van der Waals surface area contributed by atoms with E-state index >= 15 is 0 Å². The van der Waals surface area contributed by atoms with Crippen LogP contribution in [0.15, 0.2) is 73.3 Å². The summed E-state index contributed by atoms with van der Waals surface area (Å²) in [6.45, 7) is 6.57. The highest BCUT2D eigenvalue weighted by Crippen LogP contribution is 2.43. The monoisotopic (exact) mass is 335 g/mol. The Morgan fingerprint density at radius 3 is 2.12 bits per heavy atom. The van der Waals surface area contributed by atoms with Crippen molar-refractivity contribution in [2.45, 2.75) is 18.9 Å². The van der Waals surface area contributed by atoms with Crippen LogP contribution >= 0.6 is 7.92 Å². The van der Waals surface area contributed by atoms with Crippen LogP contribution < -0.4 is 10.6 Å². The summed E-state index contributed by atoms with van der Waals surface area (Å²) in [5, 5.41) is 3.03. The summed E-state index contributed by atoms with van der Waals surface area (Å²) in [7, 11) is -0.272. The fraction of sp³-hybridized carbons (Fsp3) is 0.364. The van der Waals surface area contributed by atoms with Gasteiger partial charge in [-0.25, -0.2) is 0 Å². The molecule has 3 aliphatic heterocycles. The second-order valence-electron chi connectivity index (χ2n) is 7.11. The van der Waals surface area contributed by atoms with E-state index in [0.29, 0.717) is 0 Å². The molecule has 3 heterocycles. The van der Waals surface area contributed by atoms with Crippen LogP contribution in [0.3, 0.4) is 0 Å². The Kier molecular flexibility index (Phi) is 4.83. The van der Waals surface area contributed by atoms with Crippen molar-refractivity contribution >= 4 is 18.5 Å². The van der Waals surface area contributed by atoms with E-state index in [1.54, 1.807) is 0 Å². The lowest BCUT2D eigenvalue weighted by Gasteiger charge is -2.50. The van der Waals surface area contributed by atoms with Gasteiger partial charge in [0.05, 0.1) is 0 Å². The van der Waals surface area contributed by atoms with Gasteiger partial charge >= 0.3 is 0 Å². The highest BCUT2D eigenvalue weighted by atomic mass is 31.1. The molecular formula is C22H26NP. The zero-order chi connectivity index (χ0) is 16.4. The van der Waals surface area contributed by atoms with Gasteiger partial charge in [-0.2, -0.15) is 0 Å².